The van der Waals surface area contributed by atoms with Gasteiger partial charge in [-0.1, -0.05) is 72.8 Å². The van der Waals surface area contributed by atoms with E-state index >= 15 is 0 Å². The van der Waals surface area contributed by atoms with Crippen LogP contribution in [0.4, 0.5) is 0 Å². The van der Waals surface area contributed by atoms with Gasteiger partial charge in [-0.15, -0.1) is 8.58 Å². The number of halogens is 1. The number of hydrogen-bond donors (Lipinski definition) is 0. The average molecular weight is 389 g/mol. The lowest BCUT2D eigenvalue weighted by Crippen LogP contribution is -1.96. The highest BCUT2D eigenvalue weighted by molar-refractivity contribution is 8.13. The second kappa shape index (κ2) is 8.14. The van der Waals surface area contributed by atoms with E-state index in [9.17, 15) is 8.42 Å². The molecule has 0 aliphatic heterocycles. The topological polar surface area (TPSA) is 34.1 Å². The smallest absolute Gasteiger partial charge is 0.207 e. The highest BCUT2D eigenvalue weighted by atomic mass is 35.7. The van der Waals surface area contributed by atoms with E-state index in [0.717, 1.165) is 11.7 Å². The molecule has 0 N–H and O–H groups in total. The summed E-state index contributed by atoms with van der Waals surface area (Å²) in [6, 6.07) is 27.8. The molecule has 0 radical (unpaired) electrons. The lowest BCUT2D eigenvalue weighted by Gasteiger charge is -2.18. The van der Waals surface area contributed by atoms with Crippen molar-refractivity contribution in [2.24, 2.45) is 0 Å². The first-order chi connectivity index (χ1) is 12.0. The minimum Gasteiger partial charge on any atom is -0.207 e. The Bertz CT molecular complexity index is 871. The van der Waals surface area contributed by atoms with E-state index in [2.05, 4.69) is 48.5 Å². The van der Waals surface area contributed by atoms with Crippen molar-refractivity contribution in [3.05, 3.63) is 102 Å². The summed E-state index contributed by atoms with van der Waals surface area (Å²) in [6.07, 6.45) is 0.886. The minimum absolute atomic E-state index is 0.143. The molecule has 0 saturated carbocycles. The van der Waals surface area contributed by atoms with Crippen LogP contribution >= 0.6 is 19.3 Å². The van der Waals surface area contributed by atoms with Crippen LogP contribution in [-0.4, -0.2) is 8.42 Å². The Balaban J connectivity index is 1.80. The fourth-order valence-electron chi connectivity index (χ4n) is 2.71. The predicted octanol–water partition coefficient (Wildman–Crippen LogP) is 5.58. The summed E-state index contributed by atoms with van der Waals surface area (Å²) in [4.78, 5) is 0.143. The fourth-order valence-corrected chi connectivity index (χ4v) is 5.01. The SMILES string of the molecule is O=S(=O)(Cl)c1ccc(CPC(c2ccccc2)c2ccccc2)cc1. The van der Waals surface area contributed by atoms with Crippen molar-refractivity contribution in [3.8, 4) is 0 Å². The molecule has 5 heteroatoms. The molecule has 0 bridgehead atoms. The molecule has 2 nitrogen and oxygen atoms in total. The Morgan fingerprint density at radius 3 is 1.68 bits per heavy atom. The summed E-state index contributed by atoms with van der Waals surface area (Å²) < 4.78 is 22.7. The molecule has 1 atom stereocenters. The highest BCUT2D eigenvalue weighted by Crippen LogP contribution is 2.42. The second-order valence-electron chi connectivity index (χ2n) is 5.72. The number of hydrogen-bond acceptors (Lipinski definition) is 2. The van der Waals surface area contributed by atoms with Crippen LogP contribution in [0.2, 0.25) is 0 Å². The molecule has 0 saturated heterocycles. The zero-order valence-corrected chi connectivity index (χ0v) is 16.0. The lowest BCUT2D eigenvalue weighted by molar-refractivity contribution is 0.609. The Labute approximate surface area is 155 Å². The van der Waals surface area contributed by atoms with E-state index in [4.69, 9.17) is 10.7 Å². The Morgan fingerprint density at radius 2 is 1.24 bits per heavy atom. The van der Waals surface area contributed by atoms with E-state index in [1.54, 1.807) is 12.1 Å². The largest absolute Gasteiger partial charge is 0.261 e. The zero-order chi connectivity index (χ0) is 17.7. The maximum absolute atomic E-state index is 11.3. The van der Waals surface area contributed by atoms with Crippen LogP contribution in [0.1, 0.15) is 22.3 Å². The zero-order valence-electron chi connectivity index (χ0n) is 13.5. The van der Waals surface area contributed by atoms with E-state index < -0.39 is 9.05 Å². The van der Waals surface area contributed by atoms with Gasteiger partial charge in [0.25, 0.3) is 9.05 Å². The van der Waals surface area contributed by atoms with Crippen molar-refractivity contribution in [2.75, 3.05) is 0 Å². The molecule has 3 aromatic carbocycles. The van der Waals surface area contributed by atoms with Crippen LogP contribution < -0.4 is 0 Å². The van der Waals surface area contributed by atoms with Gasteiger partial charge in [-0.3, -0.25) is 0 Å². The van der Waals surface area contributed by atoms with Gasteiger partial charge in [0.05, 0.1) is 4.90 Å². The molecular formula is C20H18ClO2PS. The van der Waals surface area contributed by atoms with Gasteiger partial charge in [-0.2, -0.15) is 0 Å². The van der Waals surface area contributed by atoms with Gasteiger partial charge in [-0.05, 0) is 35.0 Å². The third kappa shape index (κ3) is 4.92. The molecule has 0 fully saturated rings. The van der Waals surface area contributed by atoms with Crippen molar-refractivity contribution < 1.29 is 8.42 Å². The van der Waals surface area contributed by atoms with E-state index in [-0.39, 0.29) is 4.90 Å². The Morgan fingerprint density at radius 1 is 0.760 bits per heavy atom. The van der Waals surface area contributed by atoms with E-state index in [1.165, 1.54) is 11.1 Å². The summed E-state index contributed by atoms with van der Waals surface area (Å²) in [5.41, 5.74) is 4.04. The van der Waals surface area contributed by atoms with Crippen LogP contribution in [0.25, 0.3) is 0 Å². The Kier molecular flexibility index (Phi) is 5.90. The van der Waals surface area contributed by atoms with Gasteiger partial charge in [0.15, 0.2) is 0 Å². The maximum Gasteiger partial charge on any atom is 0.261 e. The van der Waals surface area contributed by atoms with Crippen molar-refractivity contribution in [1.29, 1.82) is 0 Å². The van der Waals surface area contributed by atoms with Gasteiger partial charge in [0.2, 0.25) is 0 Å². The van der Waals surface area contributed by atoms with Crippen molar-refractivity contribution in [2.45, 2.75) is 16.7 Å². The first-order valence-corrected chi connectivity index (χ1v) is 11.5. The Hall–Kier alpha value is -1.67. The summed E-state index contributed by atoms with van der Waals surface area (Å²) in [5, 5.41) is 0. The van der Waals surface area contributed by atoms with Crippen molar-refractivity contribution in [3.63, 3.8) is 0 Å². The van der Waals surface area contributed by atoms with Gasteiger partial charge in [0.1, 0.15) is 0 Å². The van der Waals surface area contributed by atoms with Gasteiger partial charge >= 0.3 is 0 Å². The monoisotopic (exact) mass is 388 g/mol. The van der Waals surface area contributed by atoms with Gasteiger partial charge < -0.3 is 0 Å². The van der Waals surface area contributed by atoms with E-state index in [1.807, 2.05) is 24.3 Å². The van der Waals surface area contributed by atoms with Crippen molar-refractivity contribution >= 4 is 28.3 Å². The van der Waals surface area contributed by atoms with Crippen LogP contribution in [0.15, 0.2) is 89.8 Å². The second-order valence-corrected chi connectivity index (χ2v) is 9.62. The summed E-state index contributed by atoms with van der Waals surface area (Å²) >= 11 is 0. The number of rotatable bonds is 6. The predicted molar refractivity (Wildman–Crippen MR) is 106 cm³/mol. The molecule has 0 heterocycles. The van der Waals surface area contributed by atoms with Gasteiger partial charge in [-0.25, -0.2) is 8.42 Å². The molecule has 0 aliphatic rings. The van der Waals surface area contributed by atoms with Crippen LogP contribution in [0, 0.1) is 0 Å². The van der Waals surface area contributed by atoms with Crippen LogP contribution in [0.3, 0.4) is 0 Å². The molecule has 3 aromatic rings. The standard InChI is InChI=1S/C20H18ClO2PS/c21-25(22,23)19-13-11-16(12-14-19)15-24-20(17-7-3-1-4-8-17)18-9-5-2-6-10-18/h1-14,20,24H,15H2. The molecule has 0 spiro atoms. The molecule has 25 heavy (non-hydrogen) atoms. The maximum atomic E-state index is 11.3. The third-order valence-electron chi connectivity index (χ3n) is 3.98. The summed E-state index contributed by atoms with van der Waals surface area (Å²) in [5.74, 6) is 0. The van der Waals surface area contributed by atoms with Crippen molar-refractivity contribution in [1.82, 2.24) is 0 Å². The van der Waals surface area contributed by atoms with Crippen LogP contribution in [0.5, 0.6) is 0 Å². The molecule has 0 aromatic heterocycles. The summed E-state index contributed by atoms with van der Waals surface area (Å²) in [6.45, 7) is 0. The first kappa shape index (κ1) is 18.1. The first-order valence-electron chi connectivity index (χ1n) is 7.91. The molecule has 128 valence electrons. The molecule has 0 aliphatic carbocycles. The van der Waals surface area contributed by atoms with Gasteiger partial charge in [0, 0.05) is 16.3 Å². The van der Waals surface area contributed by atoms with Crippen LogP contribution in [-0.2, 0) is 15.2 Å². The minimum atomic E-state index is -3.66. The molecular weight excluding hydrogens is 371 g/mol. The highest BCUT2D eigenvalue weighted by Gasteiger charge is 2.14. The molecule has 1 unspecified atom stereocenters. The quantitative estimate of drug-likeness (QED) is 0.408. The lowest BCUT2D eigenvalue weighted by atomic mass is 10.0. The normalized spacial score (nSPS) is 12.1. The number of benzene rings is 3. The fraction of sp³-hybridized carbons (Fsp3) is 0.100. The molecule has 0 amide bonds. The molecule has 3 rings (SSSR count). The average Bonchev–Trinajstić information content (AvgIpc) is 2.63. The summed E-state index contributed by atoms with van der Waals surface area (Å²) in [7, 11) is 2.37. The van der Waals surface area contributed by atoms with E-state index in [0.29, 0.717) is 14.2 Å². The third-order valence-corrected chi connectivity index (χ3v) is 7.04.